The molecular weight excluding hydrogens is 362 g/mol. The van der Waals surface area contributed by atoms with Gasteiger partial charge in [-0.25, -0.2) is 8.42 Å². The van der Waals surface area contributed by atoms with E-state index in [9.17, 15) is 13.2 Å². The van der Waals surface area contributed by atoms with Gasteiger partial charge in [0.2, 0.25) is 10.0 Å². The molecule has 3 rings (SSSR count). The Labute approximate surface area is 151 Å². The molecule has 2 aromatic rings. The summed E-state index contributed by atoms with van der Waals surface area (Å²) < 4.78 is 26.8. The van der Waals surface area contributed by atoms with Crippen LogP contribution in [0.5, 0.6) is 0 Å². The molecule has 2 heterocycles. The molecule has 0 radical (unpaired) electrons. The number of sulfonamides is 1. The first-order valence-electron chi connectivity index (χ1n) is 7.93. The zero-order valence-electron chi connectivity index (χ0n) is 13.4. The predicted molar refractivity (Wildman–Crippen MR) is 94.9 cm³/mol. The molecule has 1 amide bonds. The average Bonchev–Trinajstić information content (AvgIpc) is 2.63. The Morgan fingerprint density at radius 3 is 2.60 bits per heavy atom. The van der Waals surface area contributed by atoms with Gasteiger partial charge in [-0.2, -0.15) is 4.31 Å². The molecule has 1 aliphatic rings. The fourth-order valence-electron chi connectivity index (χ4n) is 2.78. The van der Waals surface area contributed by atoms with E-state index in [0.717, 1.165) is 0 Å². The maximum atomic E-state index is 12.7. The van der Waals surface area contributed by atoms with Crippen molar-refractivity contribution in [2.24, 2.45) is 0 Å². The third-order valence-electron chi connectivity index (χ3n) is 4.15. The number of nitrogens with one attached hydrogen (secondary N) is 1. The first kappa shape index (κ1) is 17.8. The molecule has 0 bridgehead atoms. The molecule has 0 aliphatic carbocycles. The Hall–Kier alpha value is -1.96. The van der Waals surface area contributed by atoms with Gasteiger partial charge in [-0.1, -0.05) is 17.7 Å². The van der Waals surface area contributed by atoms with Crippen molar-refractivity contribution in [3.05, 3.63) is 59.4 Å². The third kappa shape index (κ3) is 4.18. The largest absolute Gasteiger partial charge is 0.349 e. The summed E-state index contributed by atoms with van der Waals surface area (Å²) in [7, 11) is -3.56. The quantitative estimate of drug-likeness (QED) is 0.884. The van der Waals surface area contributed by atoms with Gasteiger partial charge in [-0.05, 0) is 43.2 Å². The second kappa shape index (κ2) is 7.51. The van der Waals surface area contributed by atoms with Crippen molar-refractivity contribution >= 4 is 27.5 Å². The normalized spacial score (nSPS) is 16.5. The smallest absolute Gasteiger partial charge is 0.253 e. The Morgan fingerprint density at radius 1 is 1.20 bits per heavy atom. The van der Waals surface area contributed by atoms with Crippen molar-refractivity contribution in [2.45, 2.75) is 23.8 Å². The van der Waals surface area contributed by atoms with E-state index in [1.54, 1.807) is 30.5 Å². The summed E-state index contributed by atoms with van der Waals surface area (Å²) >= 11 is 5.89. The summed E-state index contributed by atoms with van der Waals surface area (Å²) in [6.07, 6.45) is 4.24. The summed E-state index contributed by atoms with van der Waals surface area (Å²) in [6.45, 7) is 0.708. The Bertz CT molecular complexity index is 850. The highest BCUT2D eigenvalue weighted by Crippen LogP contribution is 2.23. The zero-order valence-corrected chi connectivity index (χ0v) is 15.0. The van der Waals surface area contributed by atoms with Crippen LogP contribution in [0.4, 0.5) is 0 Å². The maximum absolute atomic E-state index is 12.7. The minimum absolute atomic E-state index is 0.0569. The molecule has 8 heteroatoms. The van der Waals surface area contributed by atoms with Crippen molar-refractivity contribution in [2.75, 3.05) is 13.1 Å². The van der Waals surface area contributed by atoms with Gasteiger partial charge in [0, 0.05) is 36.5 Å². The van der Waals surface area contributed by atoms with Gasteiger partial charge in [0.25, 0.3) is 5.91 Å². The van der Waals surface area contributed by atoms with Crippen LogP contribution in [0.3, 0.4) is 0 Å². The Kier molecular flexibility index (Phi) is 5.36. The van der Waals surface area contributed by atoms with Crippen LogP contribution < -0.4 is 5.32 Å². The number of pyridine rings is 1. The second-order valence-corrected chi connectivity index (χ2v) is 8.23. The summed E-state index contributed by atoms with van der Waals surface area (Å²) in [5.41, 5.74) is 0.497. The maximum Gasteiger partial charge on any atom is 0.253 e. The van der Waals surface area contributed by atoms with Gasteiger partial charge in [-0.3, -0.25) is 9.78 Å². The van der Waals surface area contributed by atoms with Crippen molar-refractivity contribution in [1.29, 1.82) is 0 Å². The molecule has 1 aromatic carbocycles. The number of halogens is 1. The highest BCUT2D eigenvalue weighted by molar-refractivity contribution is 7.89. The number of carbonyl (C=O) groups excluding carboxylic acids is 1. The van der Waals surface area contributed by atoms with Gasteiger partial charge in [-0.15, -0.1) is 0 Å². The van der Waals surface area contributed by atoms with Crippen molar-refractivity contribution in [1.82, 2.24) is 14.6 Å². The molecular formula is C17H18ClN3O3S. The standard InChI is InChI=1S/C17H18ClN3O3S/c18-14-4-1-5-16(11-14)25(23,24)21-9-6-15(7-10-21)20-17(22)13-3-2-8-19-12-13/h1-5,8,11-12,15H,6-7,9-10H2,(H,20,22). The lowest BCUT2D eigenvalue weighted by atomic mass is 10.1. The molecule has 1 aliphatic heterocycles. The highest BCUT2D eigenvalue weighted by Gasteiger charge is 2.30. The Morgan fingerprint density at radius 2 is 1.96 bits per heavy atom. The third-order valence-corrected chi connectivity index (χ3v) is 6.28. The minimum atomic E-state index is -3.56. The first-order valence-corrected chi connectivity index (χ1v) is 9.75. The van der Waals surface area contributed by atoms with Gasteiger partial charge >= 0.3 is 0 Å². The van der Waals surface area contributed by atoms with Crippen LogP contribution in [0, 0.1) is 0 Å². The molecule has 0 spiro atoms. The molecule has 132 valence electrons. The molecule has 1 N–H and O–H groups in total. The number of carbonyl (C=O) groups is 1. The molecule has 1 fully saturated rings. The lowest BCUT2D eigenvalue weighted by Crippen LogP contribution is -2.46. The van der Waals surface area contributed by atoms with E-state index in [0.29, 0.717) is 36.5 Å². The fourth-order valence-corrected chi connectivity index (χ4v) is 4.55. The summed E-state index contributed by atoms with van der Waals surface area (Å²) in [6, 6.07) is 9.59. The molecule has 25 heavy (non-hydrogen) atoms. The predicted octanol–water partition coefficient (Wildman–Crippen LogP) is 2.32. The van der Waals surface area contributed by atoms with Crippen LogP contribution in [0.15, 0.2) is 53.7 Å². The SMILES string of the molecule is O=C(NC1CCN(S(=O)(=O)c2cccc(Cl)c2)CC1)c1cccnc1. The number of hydrogen-bond donors (Lipinski definition) is 1. The minimum Gasteiger partial charge on any atom is -0.349 e. The van der Waals surface area contributed by atoms with Gasteiger partial charge < -0.3 is 5.32 Å². The van der Waals surface area contributed by atoms with Crippen molar-refractivity contribution in [3.63, 3.8) is 0 Å². The molecule has 0 atom stereocenters. The van der Waals surface area contributed by atoms with Gasteiger partial charge in [0.05, 0.1) is 10.5 Å². The van der Waals surface area contributed by atoms with E-state index in [-0.39, 0.29) is 16.8 Å². The zero-order chi connectivity index (χ0) is 17.9. The first-order chi connectivity index (χ1) is 12.0. The fraction of sp³-hybridized carbons (Fsp3) is 0.294. The number of aromatic nitrogens is 1. The monoisotopic (exact) mass is 379 g/mol. The molecule has 0 unspecified atom stereocenters. The lowest BCUT2D eigenvalue weighted by molar-refractivity contribution is 0.0923. The summed E-state index contributed by atoms with van der Waals surface area (Å²) in [5, 5.41) is 3.32. The van der Waals surface area contributed by atoms with Gasteiger partial charge in [0.15, 0.2) is 0 Å². The van der Waals surface area contributed by atoms with E-state index in [2.05, 4.69) is 10.3 Å². The molecule has 1 saturated heterocycles. The van der Waals surface area contributed by atoms with Crippen LogP contribution in [-0.4, -0.2) is 42.7 Å². The van der Waals surface area contributed by atoms with E-state index in [1.165, 1.54) is 22.6 Å². The summed E-state index contributed by atoms with van der Waals surface area (Å²) in [4.78, 5) is 16.3. The number of benzene rings is 1. The summed E-state index contributed by atoms with van der Waals surface area (Å²) in [5.74, 6) is -0.191. The van der Waals surface area contributed by atoms with Crippen LogP contribution in [0.1, 0.15) is 23.2 Å². The van der Waals surface area contributed by atoms with E-state index in [1.807, 2.05) is 0 Å². The van der Waals surface area contributed by atoms with Crippen LogP contribution in [0.25, 0.3) is 0 Å². The van der Waals surface area contributed by atoms with Crippen LogP contribution in [0.2, 0.25) is 5.02 Å². The molecule has 6 nitrogen and oxygen atoms in total. The number of amides is 1. The number of nitrogens with zero attached hydrogens (tertiary/aromatic N) is 2. The number of piperidine rings is 1. The van der Waals surface area contributed by atoms with Gasteiger partial charge in [0.1, 0.15) is 0 Å². The average molecular weight is 380 g/mol. The highest BCUT2D eigenvalue weighted by atomic mass is 35.5. The number of hydrogen-bond acceptors (Lipinski definition) is 4. The second-order valence-electron chi connectivity index (χ2n) is 5.85. The number of rotatable bonds is 4. The Balaban J connectivity index is 1.61. The van der Waals surface area contributed by atoms with Crippen LogP contribution in [-0.2, 0) is 10.0 Å². The van der Waals surface area contributed by atoms with E-state index >= 15 is 0 Å². The van der Waals surface area contributed by atoms with Crippen molar-refractivity contribution < 1.29 is 13.2 Å². The topological polar surface area (TPSA) is 79.4 Å². The molecule has 1 aromatic heterocycles. The lowest BCUT2D eigenvalue weighted by Gasteiger charge is -2.31. The van der Waals surface area contributed by atoms with Crippen LogP contribution >= 0.6 is 11.6 Å². The molecule has 0 saturated carbocycles. The van der Waals surface area contributed by atoms with E-state index in [4.69, 9.17) is 11.6 Å². The van der Waals surface area contributed by atoms with E-state index < -0.39 is 10.0 Å². The van der Waals surface area contributed by atoms with Crippen molar-refractivity contribution in [3.8, 4) is 0 Å².